The van der Waals surface area contributed by atoms with Gasteiger partial charge in [0.05, 0.1) is 0 Å². The summed E-state index contributed by atoms with van der Waals surface area (Å²) in [6, 6.07) is 0. The maximum atomic E-state index is 3.28. The van der Waals surface area contributed by atoms with Crippen LogP contribution in [0.15, 0.2) is 0 Å². The van der Waals surface area contributed by atoms with E-state index >= 15 is 0 Å². The Hall–Kier alpha value is -0.0400. The second kappa shape index (κ2) is 2.48. The van der Waals surface area contributed by atoms with Gasteiger partial charge in [-0.05, 0) is 43.7 Å². The summed E-state index contributed by atoms with van der Waals surface area (Å²) in [4.78, 5) is 0. The molecule has 2 fully saturated rings. The van der Waals surface area contributed by atoms with E-state index in [1.165, 1.54) is 32.2 Å². The number of rotatable bonds is 4. The first-order valence-electron chi connectivity index (χ1n) is 4.89. The quantitative estimate of drug-likeness (QED) is 0.651. The van der Waals surface area contributed by atoms with E-state index < -0.39 is 0 Å². The Morgan fingerprint density at radius 1 is 1.45 bits per heavy atom. The van der Waals surface area contributed by atoms with E-state index in [4.69, 9.17) is 0 Å². The third-order valence-corrected chi connectivity index (χ3v) is 3.44. The molecule has 0 radical (unpaired) electrons. The van der Waals surface area contributed by atoms with Gasteiger partial charge < -0.3 is 5.32 Å². The van der Waals surface area contributed by atoms with E-state index in [0.29, 0.717) is 0 Å². The second-order valence-electron chi connectivity index (χ2n) is 4.76. The lowest BCUT2D eigenvalue weighted by atomic mass is 9.99. The highest BCUT2D eigenvalue weighted by Crippen LogP contribution is 2.58. The van der Waals surface area contributed by atoms with Crippen molar-refractivity contribution in [3.05, 3.63) is 0 Å². The number of hydrogen-bond acceptors (Lipinski definition) is 1. The molecule has 2 aliphatic carbocycles. The van der Waals surface area contributed by atoms with E-state index in [1.54, 1.807) is 0 Å². The number of hydrogen-bond donors (Lipinski definition) is 1. The first kappa shape index (κ1) is 7.60. The highest BCUT2D eigenvalue weighted by atomic mass is 14.8. The Labute approximate surface area is 69.6 Å². The monoisotopic (exact) mass is 153 g/mol. The van der Waals surface area contributed by atoms with Crippen molar-refractivity contribution < 1.29 is 0 Å². The third-order valence-electron chi connectivity index (χ3n) is 3.44. The zero-order valence-electron chi connectivity index (χ0n) is 7.69. The van der Waals surface area contributed by atoms with Crippen LogP contribution in [0.25, 0.3) is 0 Å². The molecule has 2 unspecified atom stereocenters. The van der Waals surface area contributed by atoms with Crippen LogP contribution in [0.3, 0.4) is 0 Å². The minimum Gasteiger partial charge on any atom is -0.319 e. The van der Waals surface area contributed by atoms with E-state index in [1.807, 2.05) is 0 Å². The predicted octanol–water partition coefficient (Wildman–Crippen LogP) is 2.03. The molecule has 0 aliphatic heterocycles. The van der Waals surface area contributed by atoms with Gasteiger partial charge in [0.15, 0.2) is 0 Å². The van der Waals surface area contributed by atoms with Crippen molar-refractivity contribution >= 4 is 0 Å². The van der Waals surface area contributed by atoms with E-state index in [-0.39, 0.29) is 0 Å². The molecule has 0 aromatic heterocycles. The predicted molar refractivity (Wildman–Crippen MR) is 47.5 cm³/mol. The molecular formula is C10H19N. The third kappa shape index (κ3) is 1.58. The van der Waals surface area contributed by atoms with Crippen LogP contribution >= 0.6 is 0 Å². The van der Waals surface area contributed by atoms with Crippen LogP contribution in [0.2, 0.25) is 0 Å². The molecule has 0 aromatic carbocycles. The van der Waals surface area contributed by atoms with Crippen molar-refractivity contribution in [1.29, 1.82) is 0 Å². The summed E-state index contributed by atoms with van der Waals surface area (Å²) in [5.41, 5.74) is 0.740. The van der Waals surface area contributed by atoms with Crippen molar-refractivity contribution in [3.63, 3.8) is 0 Å². The molecule has 0 heterocycles. The normalized spacial score (nSPS) is 42.5. The van der Waals surface area contributed by atoms with Crippen molar-refractivity contribution in [3.8, 4) is 0 Å². The molecule has 2 saturated carbocycles. The summed E-state index contributed by atoms with van der Waals surface area (Å²) in [5, 5.41) is 3.28. The number of nitrogens with one attached hydrogen (secondary N) is 1. The van der Waals surface area contributed by atoms with Gasteiger partial charge >= 0.3 is 0 Å². The van der Waals surface area contributed by atoms with Crippen molar-refractivity contribution in [1.82, 2.24) is 5.32 Å². The smallest absolute Gasteiger partial charge is 0.00181 e. The van der Waals surface area contributed by atoms with Gasteiger partial charge in [0.1, 0.15) is 0 Å². The Bertz CT molecular complexity index is 151. The molecule has 2 aliphatic rings. The minimum atomic E-state index is 0.740. The topological polar surface area (TPSA) is 12.0 Å². The molecule has 2 rings (SSSR count). The highest BCUT2D eigenvalue weighted by molar-refractivity contribution is 5.02. The summed E-state index contributed by atoms with van der Waals surface area (Å²) in [5.74, 6) is 2.11. The first-order valence-corrected chi connectivity index (χ1v) is 4.89. The van der Waals surface area contributed by atoms with Crippen molar-refractivity contribution in [2.24, 2.45) is 17.3 Å². The van der Waals surface area contributed by atoms with E-state index in [0.717, 1.165) is 17.3 Å². The summed E-state index contributed by atoms with van der Waals surface area (Å²) in [7, 11) is 2.07. The van der Waals surface area contributed by atoms with Gasteiger partial charge in [0.2, 0.25) is 0 Å². The molecule has 0 saturated heterocycles. The molecule has 64 valence electrons. The molecule has 1 heteroatoms. The van der Waals surface area contributed by atoms with Crippen molar-refractivity contribution in [2.45, 2.75) is 32.6 Å². The maximum absolute atomic E-state index is 3.28. The standard InChI is InChI=1S/C10H19N/c1-10(5-8-3-4-8)6-9(10)7-11-2/h8-9,11H,3-7H2,1-2H3. The molecular weight excluding hydrogens is 134 g/mol. The maximum Gasteiger partial charge on any atom is -0.00181 e. The largest absolute Gasteiger partial charge is 0.319 e. The van der Waals surface area contributed by atoms with Crippen LogP contribution in [-0.2, 0) is 0 Å². The molecule has 0 spiro atoms. The van der Waals surface area contributed by atoms with E-state index in [2.05, 4.69) is 19.3 Å². The Balaban J connectivity index is 1.75. The molecule has 2 atom stereocenters. The van der Waals surface area contributed by atoms with Gasteiger partial charge in [-0.1, -0.05) is 19.8 Å². The lowest BCUT2D eigenvalue weighted by Crippen LogP contribution is -2.13. The fourth-order valence-electron chi connectivity index (χ4n) is 2.30. The van der Waals surface area contributed by atoms with Crippen LogP contribution in [0.1, 0.15) is 32.6 Å². The van der Waals surface area contributed by atoms with Gasteiger partial charge in [-0.2, -0.15) is 0 Å². The van der Waals surface area contributed by atoms with Gasteiger partial charge in [-0.25, -0.2) is 0 Å². The molecule has 0 bridgehead atoms. The highest BCUT2D eigenvalue weighted by Gasteiger charge is 2.51. The van der Waals surface area contributed by atoms with Crippen LogP contribution in [0.5, 0.6) is 0 Å². The Kier molecular flexibility index (Phi) is 1.71. The zero-order valence-corrected chi connectivity index (χ0v) is 7.69. The average molecular weight is 153 g/mol. The van der Waals surface area contributed by atoms with Crippen LogP contribution in [0, 0.1) is 17.3 Å². The summed E-state index contributed by atoms with van der Waals surface area (Å²) in [6.07, 6.45) is 6.02. The fraction of sp³-hybridized carbons (Fsp3) is 1.00. The Morgan fingerprint density at radius 3 is 2.73 bits per heavy atom. The van der Waals surface area contributed by atoms with Crippen LogP contribution in [0.4, 0.5) is 0 Å². The van der Waals surface area contributed by atoms with Crippen molar-refractivity contribution in [2.75, 3.05) is 13.6 Å². The lowest BCUT2D eigenvalue weighted by Gasteiger charge is -2.09. The second-order valence-corrected chi connectivity index (χ2v) is 4.76. The molecule has 0 amide bonds. The first-order chi connectivity index (χ1) is 5.24. The van der Waals surface area contributed by atoms with Gasteiger partial charge in [0, 0.05) is 0 Å². The molecule has 11 heavy (non-hydrogen) atoms. The molecule has 0 aromatic rings. The summed E-state index contributed by atoms with van der Waals surface area (Å²) in [6.45, 7) is 3.70. The zero-order chi connectivity index (χ0) is 7.90. The van der Waals surface area contributed by atoms with E-state index in [9.17, 15) is 0 Å². The van der Waals surface area contributed by atoms with Crippen LogP contribution < -0.4 is 5.32 Å². The molecule has 1 nitrogen and oxygen atoms in total. The lowest BCUT2D eigenvalue weighted by molar-refractivity contribution is 0.425. The van der Waals surface area contributed by atoms with Gasteiger partial charge in [0.25, 0.3) is 0 Å². The summed E-state index contributed by atoms with van der Waals surface area (Å²) < 4.78 is 0. The average Bonchev–Trinajstić information content (AvgIpc) is 2.78. The van der Waals surface area contributed by atoms with Crippen LogP contribution in [-0.4, -0.2) is 13.6 Å². The Morgan fingerprint density at radius 2 is 2.18 bits per heavy atom. The van der Waals surface area contributed by atoms with Gasteiger partial charge in [-0.15, -0.1) is 0 Å². The summed E-state index contributed by atoms with van der Waals surface area (Å²) >= 11 is 0. The fourth-order valence-corrected chi connectivity index (χ4v) is 2.30. The van der Waals surface area contributed by atoms with Gasteiger partial charge in [-0.3, -0.25) is 0 Å². The molecule has 1 N–H and O–H groups in total. The SMILES string of the molecule is CNCC1CC1(C)CC1CC1. The minimum absolute atomic E-state index is 0.740.